The molecule has 0 bridgehead atoms. The number of rotatable bonds is 8. The minimum Gasteiger partial charge on any atom is -0.484 e. The summed E-state index contributed by atoms with van der Waals surface area (Å²) < 4.78 is 5.31. The number of para-hydroxylation sites is 1. The van der Waals surface area contributed by atoms with Crippen molar-refractivity contribution < 1.29 is 14.5 Å². The zero-order chi connectivity index (χ0) is 15.1. The summed E-state index contributed by atoms with van der Waals surface area (Å²) in [5.74, 6) is -0.656. The van der Waals surface area contributed by atoms with Crippen LogP contribution in [0, 0.1) is 10.1 Å². The molecule has 7 nitrogen and oxygen atoms in total. The zero-order valence-corrected chi connectivity index (χ0v) is 11.7. The molecule has 1 amide bonds. The summed E-state index contributed by atoms with van der Waals surface area (Å²) in [7, 11) is 0. The first-order valence-corrected chi connectivity index (χ1v) is 6.43. The van der Waals surface area contributed by atoms with Gasteiger partial charge in [0.1, 0.15) is 12.6 Å². The first-order valence-electron chi connectivity index (χ1n) is 6.05. The third kappa shape index (κ3) is 4.36. The van der Waals surface area contributed by atoms with Crippen LogP contribution >= 0.6 is 11.6 Å². The van der Waals surface area contributed by atoms with E-state index >= 15 is 0 Å². The van der Waals surface area contributed by atoms with Crippen LogP contribution in [0.5, 0.6) is 5.75 Å². The number of nitro groups is 1. The van der Waals surface area contributed by atoms with Crippen LogP contribution in [0.3, 0.4) is 0 Å². The van der Waals surface area contributed by atoms with Crippen molar-refractivity contribution in [3.05, 3.63) is 33.3 Å². The number of primary amides is 1. The molecule has 3 N–H and O–H groups in total. The Balaban J connectivity index is 2.82. The molecular formula is C12H16ClN3O4. The third-order valence-corrected chi connectivity index (χ3v) is 2.82. The molecule has 0 heterocycles. The van der Waals surface area contributed by atoms with Gasteiger partial charge < -0.3 is 15.8 Å². The molecule has 1 atom stereocenters. The van der Waals surface area contributed by atoms with Crippen LogP contribution in [-0.2, 0) is 4.79 Å². The Kier molecular flexibility index (Phi) is 6.20. The second-order valence-electron chi connectivity index (χ2n) is 4.07. The Morgan fingerprint density at radius 2 is 2.30 bits per heavy atom. The van der Waals surface area contributed by atoms with Gasteiger partial charge in [-0.3, -0.25) is 14.9 Å². The molecule has 0 aliphatic rings. The van der Waals surface area contributed by atoms with Crippen LogP contribution in [0.4, 0.5) is 5.69 Å². The van der Waals surface area contributed by atoms with Crippen molar-refractivity contribution >= 4 is 23.2 Å². The van der Waals surface area contributed by atoms with Gasteiger partial charge in [0, 0.05) is 6.07 Å². The van der Waals surface area contributed by atoms with Crippen LogP contribution in [0.2, 0.25) is 5.02 Å². The Bertz CT molecular complexity index is 496. The standard InChI is InChI=1S/C12H16ClN3O4/c1-2-6-15-9(12(14)17)7-20-11-8(13)4-3-5-10(11)16(18)19/h3-5,9,15H,2,6-7H2,1H3,(H2,14,17). The van der Waals surface area contributed by atoms with E-state index in [1.807, 2.05) is 6.92 Å². The number of hydrogen-bond acceptors (Lipinski definition) is 5. The average molecular weight is 302 g/mol. The van der Waals surface area contributed by atoms with Gasteiger partial charge in [-0.05, 0) is 19.0 Å². The van der Waals surface area contributed by atoms with Crippen molar-refractivity contribution in [1.82, 2.24) is 5.32 Å². The van der Waals surface area contributed by atoms with E-state index in [0.717, 1.165) is 6.42 Å². The summed E-state index contributed by atoms with van der Waals surface area (Å²) in [4.78, 5) is 21.5. The molecule has 0 aromatic heterocycles. The van der Waals surface area contributed by atoms with Gasteiger partial charge >= 0.3 is 5.69 Å². The highest BCUT2D eigenvalue weighted by atomic mass is 35.5. The first kappa shape index (κ1) is 16.2. The topological polar surface area (TPSA) is 107 Å². The number of benzene rings is 1. The van der Waals surface area contributed by atoms with E-state index in [9.17, 15) is 14.9 Å². The summed E-state index contributed by atoms with van der Waals surface area (Å²) in [5.41, 5.74) is 4.98. The highest BCUT2D eigenvalue weighted by Crippen LogP contribution is 2.34. The molecule has 8 heteroatoms. The number of nitrogens with zero attached hydrogens (tertiary/aromatic N) is 1. The fourth-order valence-electron chi connectivity index (χ4n) is 1.51. The van der Waals surface area contributed by atoms with Crippen LogP contribution < -0.4 is 15.8 Å². The Hall–Kier alpha value is -1.86. The average Bonchev–Trinajstić information content (AvgIpc) is 2.39. The van der Waals surface area contributed by atoms with Crippen molar-refractivity contribution in [3.8, 4) is 5.75 Å². The van der Waals surface area contributed by atoms with E-state index in [1.165, 1.54) is 18.2 Å². The van der Waals surface area contributed by atoms with Gasteiger partial charge in [0.25, 0.3) is 0 Å². The van der Waals surface area contributed by atoms with Gasteiger partial charge in [0.05, 0.1) is 9.95 Å². The largest absolute Gasteiger partial charge is 0.484 e. The van der Waals surface area contributed by atoms with Crippen LogP contribution in [-0.4, -0.2) is 30.0 Å². The van der Waals surface area contributed by atoms with Crippen LogP contribution in [0.1, 0.15) is 13.3 Å². The highest BCUT2D eigenvalue weighted by molar-refractivity contribution is 6.32. The van der Waals surface area contributed by atoms with Crippen molar-refractivity contribution in [2.75, 3.05) is 13.2 Å². The molecule has 1 unspecified atom stereocenters. The van der Waals surface area contributed by atoms with Gasteiger partial charge in [-0.2, -0.15) is 0 Å². The van der Waals surface area contributed by atoms with E-state index in [-0.39, 0.29) is 23.1 Å². The summed E-state index contributed by atoms with van der Waals surface area (Å²) in [5, 5.41) is 13.9. The number of carbonyl (C=O) groups excluding carboxylic acids is 1. The normalized spacial score (nSPS) is 11.9. The predicted molar refractivity (Wildman–Crippen MR) is 74.9 cm³/mol. The highest BCUT2D eigenvalue weighted by Gasteiger charge is 2.21. The predicted octanol–water partition coefficient (Wildman–Crippen LogP) is 1.48. The van der Waals surface area contributed by atoms with Crippen LogP contribution in [0.15, 0.2) is 18.2 Å². The van der Waals surface area contributed by atoms with E-state index in [0.29, 0.717) is 6.54 Å². The third-order valence-electron chi connectivity index (χ3n) is 2.52. The molecule has 0 aliphatic heterocycles. The molecule has 20 heavy (non-hydrogen) atoms. The summed E-state index contributed by atoms with van der Waals surface area (Å²) in [6.45, 7) is 2.40. The lowest BCUT2D eigenvalue weighted by molar-refractivity contribution is -0.385. The van der Waals surface area contributed by atoms with E-state index in [1.54, 1.807) is 0 Å². The number of hydrogen-bond donors (Lipinski definition) is 2. The summed E-state index contributed by atoms with van der Waals surface area (Å²) >= 11 is 5.87. The van der Waals surface area contributed by atoms with Crippen molar-refractivity contribution in [2.24, 2.45) is 5.73 Å². The number of ether oxygens (including phenoxy) is 1. The maximum absolute atomic E-state index is 11.2. The van der Waals surface area contributed by atoms with Gasteiger partial charge in [0.2, 0.25) is 11.7 Å². The molecule has 0 radical (unpaired) electrons. The maximum atomic E-state index is 11.2. The molecule has 0 spiro atoms. The number of amides is 1. The molecule has 0 aliphatic carbocycles. The second-order valence-corrected chi connectivity index (χ2v) is 4.47. The van der Waals surface area contributed by atoms with Crippen molar-refractivity contribution in [2.45, 2.75) is 19.4 Å². The first-order chi connectivity index (χ1) is 9.47. The summed E-state index contributed by atoms with van der Waals surface area (Å²) in [6, 6.07) is 3.47. The monoisotopic (exact) mass is 301 g/mol. The molecule has 0 saturated heterocycles. The van der Waals surface area contributed by atoms with Gasteiger partial charge in [-0.15, -0.1) is 0 Å². The number of halogens is 1. The Morgan fingerprint density at radius 1 is 1.60 bits per heavy atom. The van der Waals surface area contributed by atoms with Crippen molar-refractivity contribution in [1.29, 1.82) is 0 Å². The van der Waals surface area contributed by atoms with E-state index in [4.69, 9.17) is 22.1 Å². The number of carbonyl (C=O) groups is 1. The quantitative estimate of drug-likeness (QED) is 0.558. The van der Waals surface area contributed by atoms with E-state index < -0.39 is 16.9 Å². The maximum Gasteiger partial charge on any atom is 0.312 e. The molecule has 110 valence electrons. The minimum atomic E-state index is -0.731. The van der Waals surface area contributed by atoms with Crippen molar-refractivity contribution in [3.63, 3.8) is 0 Å². The number of nitrogens with one attached hydrogen (secondary N) is 1. The fourth-order valence-corrected chi connectivity index (χ4v) is 1.74. The lowest BCUT2D eigenvalue weighted by Gasteiger charge is -2.16. The lowest BCUT2D eigenvalue weighted by atomic mass is 10.2. The SMILES string of the molecule is CCCNC(COc1c(Cl)cccc1[N+](=O)[O-])C(N)=O. The Labute approximate surface area is 121 Å². The van der Waals surface area contributed by atoms with Gasteiger partial charge in [-0.25, -0.2) is 0 Å². The zero-order valence-electron chi connectivity index (χ0n) is 11.0. The molecule has 1 aromatic carbocycles. The lowest BCUT2D eigenvalue weighted by Crippen LogP contribution is -2.45. The smallest absolute Gasteiger partial charge is 0.312 e. The molecule has 0 saturated carbocycles. The minimum absolute atomic E-state index is 0.0660. The van der Waals surface area contributed by atoms with Gasteiger partial charge in [0.15, 0.2) is 0 Å². The molecule has 0 fully saturated rings. The second kappa shape index (κ2) is 7.66. The number of nitro benzene ring substituents is 1. The van der Waals surface area contributed by atoms with Gasteiger partial charge in [-0.1, -0.05) is 24.6 Å². The summed E-state index contributed by atoms with van der Waals surface area (Å²) in [6.07, 6.45) is 0.815. The van der Waals surface area contributed by atoms with E-state index in [2.05, 4.69) is 5.32 Å². The Morgan fingerprint density at radius 3 is 2.85 bits per heavy atom. The number of nitrogens with two attached hydrogens (primary N) is 1. The molecule has 1 aromatic rings. The van der Waals surface area contributed by atoms with Crippen LogP contribution in [0.25, 0.3) is 0 Å². The molecular weight excluding hydrogens is 286 g/mol. The fraction of sp³-hybridized carbons (Fsp3) is 0.417. The molecule has 1 rings (SSSR count).